The molecule has 5 nitrogen and oxygen atoms in total. The number of amides is 1. The lowest BCUT2D eigenvalue weighted by atomic mass is 10.2. The molecule has 28 heavy (non-hydrogen) atoms. The summed E-state index contributed by atoms with van der Waals surface area (Å²) < 4.78 is 28.6. The predicted molar refractivity (Wildman–Crippen MR) is 107 cm³/mol. The molecule has 0 radical (unpaired) electrons. The summed E-state index contributed by atoms with van der Waals surface area (Å²) in [5.41, 5.74) is 1.94. The van der Waals surface area contributed by atoms with Crippen LogP contribution in [0.15, 0.2) is 29.3 Å². The number of benzene rings is 1. The van der Waals surface area contributed by atoms with Crippen molar-refractivity contribution in [3.8, 4) is 5.75 Å². The molecule has 1 aromatic carbocycles. The zero-order valence-electron chi connectivity index (χ0n) is 15.6. The first-order valence-corrected chi connectivity index (χ1v) is 10.3. The van der Waals surface area contributed by atoms with E-state index in [1.165, 1.54) is 28.8 Å². The van der Waals surface area contributed by atoms with Gasteiger partial charge in [0.1, 0.15) is 21.4 Å². The average Bonchev–Trinajstić information content (AvgIpc) is 2.92. The second-order valence-corrected chi connectivity index (χ2v) is 8.29. The molecule has 2 aromatic heterocycles. The number of hydrogen-bond donors (Lipinski definition) is 1. The molecule has 0 atom stereocenters. The van der Waals surface area contributed by atoms with E-state index in [2.05, 4.69) is 26.9 Å². The number of fused-ring (bicyclic) bond motifs is 1. The Hall–Kier alpha value is -2.26. The lowest BCUT2D eigenvalue weighted by Gasteiger charge is -2.08. The Morgan fingerprint density at radius 2 is 1.93 bits per heavy atom. The maximum atomic E-state index is 12.2. The van der Waals surface area contributed by atoms with Gasteiger partial charge in [-0.25, -0.2) is 9.97 Å². The lowest BCUT2D eigenvalue weighted by molar-refractivity contribution is -0.118. The van der Waals surface area contributed by atoms with Crippen LogP contribution in [0.3, 0.4) is 0 Å². The van der Waals surface area contributed by atoms with Crippen LogP contribution in [0.4, 0.5) is 8.78 Å². The zero-order valence-corrected chi connectivity index (χ0v) is 17.2. The molecule has 0 saturated carbocycles. The second-order valence-electron chi connectivity index (χ2n) is 6.13. The van der Waals surface area contributed by atoms with E-state index >= 15 is 0 Å². The molecule has 9 heteroatoms. The predicted octanol–water partition coefficient (Wildman–Crippen LogP) is 4.63. The Labute approximate surface area is 169 Å². The van der Waals surface area contributed by atoms with Crippen molar-refractivity contribution in [2.24, 2.45) is 0 Å². The molecule has 0 unspecified atom stereocenters. The van der Waals surface area contributed by atoms with Gasteiger partial charge in [-0.2, -0.15) is 8.78 Å². The third-order valence-corrected chi connectivity index (χ3v) is 6.16. The van der Waals surface area contributed by atoms with E-state index in [-0.39, 0.29) is 17.4 Å². The molecule has 3 aromatic rings. The number of aryl methyl sites for hydroxylation is 3. The number of rotatable bonds is 7. The monoisotopic (exact) mass is 423 g/mol. The number of halogens is 2. The number of hydrogen-bond acceptors (Lipinski definition) is 6. The summed E-state index contributed by atoms with van der Waals surface area (Å²) in [6, 6.07) is 6.18. The fraction of sp³-hybridized carbons (Fsp3) is 0.316. The van der Waals surface area contributed by atoms with Crippen LogP contribution in [0.5, 0.6) is 5.75 Å². The minimum absolute atomic E-state index is 0.0882. The molecule has 2 heterocycles. The van der Waals surface area contributed by atoms with Crippen molar-refractivity contribution in [2.45, 2.75) is 39.0 Å². The lowest BCUT2D eigenvalue weighted by Crippen LogP contribution is -2.24. The Balaban J connectivity index is 1.58. The van der Waals surface area contributed by atoms with Crippen molar-refractivity contribution in [3.05, 3.63) is 46.1 Å². The number of carbonyl (C=O) groups is 1. The number of ether oxygens (including phenoxy) is 1. The Morgan fingerprint density at radius 1 is 1.21 bits per heavy atom. The number of thioether (sulfide) groups is 1. The molecule has 0 aliphatic heterocycles. The third kappa shape index (κ3) is 4.96. The molecular weight excluding hydrogens is 404 g/mol. The van der Waals surface area contributed by atoms with E-state index in [1.807, 2.05) is 13.8 Å². The first kappa shape index (κ1) is 20.5. The van der Waals surface area contributed by atoms with Gasteiger partial charge in [0.25, 0.3) is 0 Å². The molecule has 148 valence electrons. The standard InChI is InChI=1S/C19H19F2N3O2S2/c1-10-11(2)28-18-16(10)17(23-12(3)24-18)27-9-15(25)22-8-13-4-6-14(7-5-13)26-19(20)21/h4-7,19H,8-9H2,1-3H3,(H,22,25). The van der Waals surface area contributed by atoms with Crippen LogP contribution in [0, 0.1) is 20.8 Å². The van der Waals surface area contributed by atoms with Gasteiger partial charge in [0.2, 0.25) is 5.91 Å². The quantitative estimate of drug-likeness (QED) is 0.444. The van der Waals surface area contributed by atoms with Crippen LogP contribution in [0.25, 0.3) is 10.2 Å². The van der Waals surface area contributed by atoms with Crippen molar-refractivity contribution in [2.75, 3.05) is 5.75 Å². The average molecular weight is 424 g/mol. The molecule has 1 N–H and O–H groups in total. The number of alkyl halides is 2. The first-order chi connectivity index (χ1) is 13.3. The molecule has 0 aliphatic carbocycles. The molecule has 3 rings (SSSR count). The van der Waals surface area contributed by atoms with Crippen molar-refractivity contribution in [1.29, 1.82) is 0 Å². The van der Waals surface area contributed by atoms with Crippen LogP contribution in [0.2, 0.25) is 0 Å². The highest BCUT2D eigenvalue weighted by Gasteiger charge is 2.15. The molecular formula is C19H19F2N3O2S2. The molecule has 0 bridgehead atoms. The fourth-order valence-corrected chi connectivity index (χ4v) is 4.69. The number of carbonyl (C=O) groups excluding carboxylic acids is 1. The van der Waals surface area contributed by atoms with Crippen LogP contribution >= 0.6 is 23.1 Å². The van der Waals surface area contributed by atoms with Crippen molar-refractivity contribution in [1.82, 2.24) is 15.3 Å². The maximum Gasteiger partial charge on any atom is 0.387 e. The van der Waals surface area contributed by atoms with Crippen LogP contribution in [-0.2, 0) is 11.3 Å². The van der Waals surface area contributed by atoms with Crippen LogP contribution < -0.4 is 10.1 Å². The van der Waals surface area contributed by atoms with E-state index in [0.717, 1.165) is 26.4 Å². The smallest absolute Gasteiger partial charge is 0.387 e. The highest BCUT2D eigenvalue weighted by atomic mass is 32.2. The van der Waals surface area contributed by atoms with Gasteiger partial charge in [-0.15, -0.1) is 11.3 Å². The summed E-state index contributed by atoms with van der Waals surface area (Å²) in [5.74, 6) is 0.867. The van der Waals surface area contributed by atoms with Gasteiger partial charge in [0.15, 0.2) is 0 Å². The van der Waals surface area contributed by atoms with E-state index < -0.39 is 6.61 Å². The van der Waals surface area contributed by atoms with Gasteiger partial charge >= 0.3 is 6.61 Å². The normalized spacial score (nSPS) is 11.2. The van der Waals surface area contributed by atoms with Gasteiger partial charge in [-0.3, -0.25) is 4.79 Å². The number of nitrogens with zero attached hydrogens (tertiary/aromatic N) is 2. The fourth-order valence-electron chi connectivity index (χ4n) is 2.59. The zero-order chi connectivity index (χ0) is 20.3. The van der Waals surface area contributed by atoms with Crippen molar-refractivity contribution >= 4 is 39.2 Å². The highest BCUT2D eigenvalue weighted by molar-refractivity contribution is 8.00. The Bertz CT molecular complexity index is 991. The SMILES string of the molecule is Cc1nc(SCC(=O)NCc2ccc(OC(F)F)cc2)c2c(C)c(C)sc2n1. The minimum atomic E-state index is -2.85. The first-order valence-electron chi connectivity index (χ1n) is 8.51. The molecule has 0 saturated heterocycles. The molecule has 0 aliphatic rings. The maximum absolute atomic E-state index is 12.2. The van der Waals surface area contributed by atoms with Gasteiger partial charge in [-0.05, 0) is 44.0 Å². The minimum Gasteiger partial charge on any atom is -0.435 e. The topological polar surface area (TPSA) is 64.1 Å². The molecule has 1 amide bonds. The van der Waals surface area contributed by atoms with Gasteiger partial charge in [-0.1, -0.05) is 23.9 Å². The largest absolute Gasteiger partial charge is 0.435 e. The van der Waals surface area contributed by atoms with E-state index in [9.17, 15) is 13.6 Å². The molecule has 0 spiro atoms. The summed E-state index contributed by atoms with van der Waals surface area (Å²) in [7, 11) is 0. The summed E-state index contributed by atoms with van der Waals surface area (Å²) in [6.07, 6.45) is 0. The summed E-state index contributed by atoms with van der Waals surface area (Å²) in [5, 5.41) is 4.65. The summed E-state index contributed by atoms with van der Waals surface area (Å²) in [6.45, 7) is 3.39. The number of nitrogens with one attached hydrogen (secondary N) is 1. The number of aromatic nitrogens is 2. The van der Waals surface area contributed by atoms with Crippen LogP contribution in [-0.4, -0.2) is 28.2 Å². The van der Waals surface area contributed by atoms with Crippen molar-refractivity contribution in [3.63, 3.8) is 0 Å². The van der Waals surface area contributed by atoms with Gasteiger partial charge in [0.05, 0.1) is 5.75 Å². The number of thiophene rings is 1. The summed E-state index contributed by atoms with van der Waals surface area (Å²) >= 11 is 3.02. The van der Waals surface area contributed by atoms with E-state index in [4.69, 9.17) is 0 Å². The Morgan fingerprint density at radius 3 is 2.61 bits per heavy atom. The molecule has 0 fully saturated rings. The summed E-state index contributed by atoms with van der Waals surface area (Å²) in [4.78, 5) is 23.3. The van der Waals surface area contributed by atoms with Crippen molar-refractivity contribution < 1.29 is 18.3 Å². The Kier molecular flexibility index (Phi) is 6.46. The van der Waals surface area contributed by atoms with E-state index in [1.54, 1.807) is 23.5 Å². The second kappa shape index (κ2) is 8.83. The van der Waals surface area contributed by atoms with E-state index in [0.29, 0.717) is 12.4 Å². The third-order valence-electron chi connectivity index (χ3n) is 4.09. The van der Waals surface area contributed by atoms with Gasteiger partial charge in [0, 0.05) is 16.8 Å². The van der Waals surface area contributed by atoms with Gasteiger partial charge < -0.3 is 10.1 Å². The highest BCUT2D eigenvalue weighted by Crippen LogP contribution is 2.34. The van der Waals surface area contributed by atoms with Crippen LogP contribution in [0.1, 0.15) is 21.8 Å².